The van der Waals surface area contributed by atoms with Crippen LogP contribution in [-0.4, -0.2) is 11.9 Å². The van der Waals surface area contributed by atoms with Crippen LogP contribution >= 0.6 is 0 Å². The maximum absolute atomic E-state index is 10.2. The van der Waals surface area contributed by atoms with E-state index < -0.39 is 6.09 Å². The van der Waals surface area contributed by atoms with Gasteiger partial charge in [0.25, 0.3) is 0 Å². The third-order valence-electron chi connectivity index (χ3n) is 1.30. The molecule has 0 aromatic heterocycles. The average molecular weight is 179 g/mol. The Labute approximate surface area is 75.0 Å². The molecule has 5 heteroatoms. The molecular formula is C8H9N3O2. The monoisotopic (exact) mass is 179 g/mol. The van der Waals surface area contributed by atoms with Gasteiger partial charge in [-0.15, -0.1) is 0 Å². The first-order chi connectivity index (χ1) is 6.20. The molecule has 0 aliphatic rings. The summed E-state index contributed by atoms with van der Waals surface area (Å²) in [6, 6.07) is 8.90. The van der Waals surface area contributed by atoms with Crippen LogP contribution in [0.2, 0.25) is 0 Å². The lowest BCUT2D eigenvalue weighted by atomic mass is 10.2. The number of oxime groups is 1. The quantitative estimate of drug-likeness (QED) is 0.298. The first kappa shape index (κ1) is 9.05. The average Bonchev–Trinajstić information content (AvgIpc) is 2.15. The van der Waals surface area contributed by atoms with Crippen molar-refractivity contribution < 1.29 is 9.63 Å². The number of nitrogens with zero attached hydrogens (tertiary/aromatic N) is 1. The van der Waals surface area contributed by atoms with Crippen LogP contribution in [-0.2, 0) is 4.84 Å². The molecule has 68 valence electrons. The normalized spacial score (nSPS) is 10.9. The van der Waals surface area contributed by atoms with Crippen molar-refractivity contribution in [3.63, 3.8) is 0 Å². The van der Waals surface area contributed by atoms with Crippen molar-refractivity contribution in [1.29, 1.82) is 0 Å². The lowest BCUT2D eigenvalue weighted by Crippen LogP contribution is -2.17. The summed E-state index contributed by atoms with van der Waals surface area (Å²) in [6.45, 7) is 0. The number of primary amides is 1. The molecule has 1 aromatic rings. The summed E-state index contributed by atoms with van der Waals surface area (Å²) in [6.07, 6.45) is -0.987. The van der Waals surface area contributed by atoms with Crippen LogP contribution in [0.4, 0.5) is 4.79 Å². The Hall–Kier alpha value is -2.04. The van der Waals surface area contributed by atoms with Gasteiger partial charge in [-0.3, -0.25) is 4.84 Å². The molecule has 0 bridgehead atoms. The van der Waals surface area contributed by atoms with Gasteiger partial charge in [0.15, 0.2) is 5.84 Å². The molecule has 5 nitrogen and oxygen atoms in total. The van der Waals surface area contributed by atoms with Gasteiger partial charge in [-0.25, -0.2) is 4.79 Å². The SMILES string of the molecule is NC(=O)O/N=C(\N)c1ccccc1. The Morgan fingerprint density at radius 3 is 2.38 bits per heavy atom. The molecule has 0 saturated carbocycles. The highest BCUT2D eigenvalue weighted by Crippen LogP contribution is 1.97. The Morgan fingerprint density at radius 1 is 1.23 bits per heavy atom. The van der Waals surface area contributed by atoms with E-state index in [2.05, 4.69) is 9.99 Å². The van der Waals surface area contributed by atoms with Crippen LogP contribution in [0.5, 0.6) is 0 Å². The largest absolute Gasteiger partial charge is 0.430 e. The highest BCUT2D eigenvalue weighted by molar-refractivity contribution is 5.97. The molecule has 0 saturated heterocycles. The maximum atomic E-state index is 10.2. The van der Waals surface area contributed by atoms with Crippen molar-refractivity contribution in [2.45, 2.75) is 0 Å². The number of carbonyl (C=O) groups is 1. The molecule has 0 atom stereocenters. The fourth-order valence-electron chi connectivity index (χ4n) is 0.756. The standard InChI is InChI=1S/C8H9N3O2/c9-7(11-13-8(10)12)6-4-2-1-3-5-6/h1-5H,(H2,9,11)(H2,10,12). The van der Waals surface area contributed by atoms with E-state index in [1.54, 1.807) is 24.3 Å². The molecule has 4 N–H and O–H groups in total. The van der Waals surface area contributed by atoms with Crippen molar-refractivity contribution in [3.8, 4) is 0 Å². The molecular weight excluding hydrogens is 170 g/mol. The molecule has 0 aliphatic carbocycles. The number of nitrogens with two attached hydrogens (primary N) is 2. The van der Waals surface area contributed by atoms with Gasteiger partial charge in [-0.1, -0.05) is 35.5 Å². The minimum atomic E-state index is -0.987. The van der Waals surface area contributed by atoms with Crippen molar-refractivity contribution in [2.75, 3.05) is 0 Å². The maximum Gasteiger partial charge on any atom is 0.430 e. The fraction of sp³-hybridized carbons (Fsp3) is 0. The van der Waals surface area contributed by atoms with Gasteiger partial charge in [-0.05, 0) is 0 Å². The van der Waals surface area contributed by atoms with Crippen LogP contribution in [0.15, 0.2) is 35.5 Å². The lowest BCUT2D eigenvalue weighted by Gasteiger charge is -1.97. The first-order valence-electron chi connectivity index (χ1n) is 3.55. The highest BCUT2D eigenvalue weighted by Gasteiger charge is 1.97. The molecule has 0 fully saturated rings. The summed E-state index contributed by atoms with van der Waals surface area (Å²) in [7, 11) is 0. The third-order valence-corrected chi connectivity index (χ3v) is 1.30. The van der Waals surface area contributed by atoms with Crippen LogP contribution < -0.4 is 11.5 Å². The summed E-state index contributed by atoms with van der Waals surface area (Å²) < 4.78 is 0. The van der Waals surface area contributed by atoms with E-state index in [4.69, 9.17) is 11.5 Å². The van der Waals surface area contributed by atoms with E-state index in [1.165, 1.54) is 0 Å². The van der Waals surface area contributed by atoms with Gasteiger partial charge in [-0.2, -0.15) is 0 Å². The smallest absolute Gasteiger partial charge is 0.380 e. The Bertz CT molecular complexity index is 321. The number of carbonyl (C=O) groups excluding carboxylic acids is 1. The van der Waals surface area contributed by atoms with E-state index >= 15 is 0 Å². The van der Waals surface area contributed by atoms with Gasteiger partial charge < -0.3 is 11.5 Å². The van der Waals surface area contributed by atoms with Gasteiger partial charge in [0.1, 0.15) is 0 Å². The van der Waals surface area contributed by atoms with Gasteiger partial charge in [0.05, 0.1) is 0 Å². The third kappa shape index (κ3) is 2.82. The Morgan fingerprint density at radius 2 is 1.85 bits per heavy atom. The molecule has 1 aromatic carbocycles. The van der Waals surface area contributed by atoms with Crippen molar-refractivity contribution in [2.24, 2.45) is 16.6 Å². The van der Waals surface area contributed by atoms with Gasteiger partial charge >= 0.3 is 6.09 Å². The van der Waals surface area contributed by atoms with E-state index in [0.717, 1.165) is 0 Å². The Kier molecular flexibility index (Phi) is 2.86. The molecule has 1 rings (SSSR count). The van der Waals surface area contributed by atoms with Crippen LogP contribution in [0.3, 0.4) is 0 Å². The topological polar surface area (TPSA) is 90.7 Å². The molecule has 0 unspecified atom stereocenters. The second-order valence-corrected chi connectivity index (χ2v) is 2.25. The second kappa shape index (κ2) is 4.10. The van der Waals surface area contributed by atoms with Crippen LogP contribution in [0.1, 0.15) is 5.56 Å². The van der Waals surface area contributed by atoms with Crippen molar-refractivity contribution >= 4 is 11.9 Å². The molecule has 0 radical (unpaired) electrons. The summed E-state index contributed by atoms with van der Waals surface area (Å²) in [5, 5.41) is 3.31. The van der Waals surface area contributed by atoms with Crippen LogP contribution in [0.25, 0.3) is 0 Å². The van der Waals surface area contributed by atoms with Crippen LogP contribution in [0, 0.1) is 0 Å². The van der Waals surface area contributed by atoms with Crippen molar-refractivity contribution in [3.05, 3.63) is 35.9 Å². The van der Waals surface area contributed by atoms with Gasteiger partial charge in [0.2, 0.25) is 0 Å². The summed E-state index contributed by atoms with van der Waals surface area (Å²) in [4.78, 5) is 14.3. The highest BCUT2D eigenvalue weighted by atomic mass is 16.7. The molecule has 0 spiro atoms. The molecule has 0 aliphatic heterocycles. The molecule has 13 heavy (non-hydrogen) atoms. The van der Waals surface area contributed by atoms with E-state index in [1.807, 2.05) is 6.07 Å². The minimum Gasteiger partial charge on any atom is -0.380 e. The van der Waals surface area contributed by atoms with E-state index in [0.29, 0.717) is 5.56 Å². The number of hydrogen-bond donors (Lipinski definition) is 2. The van der Waals surface area contributed by atoms with Gasteiger partial charge in [0, 0.05) is 5.56 Å². The predicted octanol–water partition coefficient (Wildman–Crippen LogP) is 0.402. The van der Waals surface area contributed by atoms with E-state index in [-0.39, 0.29) is 5.84 Å². The number of amidine groups is 1. The summed E-state index contributed by atoms with van der Waals surface area (Å²) in [5.74, 6) is 0.111. The zero-order chi connectivity index (χ0) is 9.68. The minimum absolute atomic E-state index is 0.111. The number of benzene rings is 1. The Balaban J connectivity index is 2.73. The zero-order valence-corrected chi connectivity index (χ0v) is 6.81. The number of hydrogen-bond acceptors (Lipinski definition) is 3. The second-order valence-electron chi connectivity index (χ2n) is 2.25. The van der Waals surface area contributed by atoms with Crippen molar-refractivity contribution in [1.82, 2.24) is 0 Å². The number of rotatable bonds is 2. The summed E-state index contributed by atoms with van der Waals surface area (Å²) in [5.41, 5.74) is 10.8. The summed E-state index contributed by atoms with van der Waals surface area (Å²) >= 11 is 0. The fourth-order valence-corrected chi connectivity index (χ4v) is 0.756. The molecule has 1 amide bonds. The number of amides is 1. The van der Waals surface area contributed by atoms with E-state index in [9.17, 15) is 4.79 Å². The lowest BCUT2D eigenvalue weighted by molar-refractivity contribution is 0.161. The zero-order valence-electron chi connectivity index (χ0n) is 6.81. The predicted molar refractivity (Wildman–Crippen MR) is 47.8 cm³/mol. The first-order valence-corrected chi connectivity index (χ1v) is 3.55. The molecule has 0 heterocycles.